The smallest absolute Gasteiger partial charge is 0.308 e. The third-order valence-corrected chi connectivity index (χ3v) is 19.8. The predicted molar refractivity (Wildman–Crippen MR) is 393 cm³/mol. The van der Waals surface area contributed by atoms with Gasteiger partial charge in [0.1, 0.15) is 42.0 Å². The maximum atomic E-state index is 15.5. The molecule has 0 bridgehead atoms. The standard InChI is InChI=1S/C75H112N12O23/c1-8-9-10-11-12-13-14-15-16-17-18-22-49(88)33-46-25-27-47(28-26-46)55(89)29-30-58(92)81-51(37-63(98)99)56(90)36-50-44(5)80-70(104)54-24-21-32-87(54)74(108)65(42(2)3)84-72(106)67(45(6)79-59(93)39-76-7)83-61(95)41-78-69(103)52(38-64(100)101)82-60(94)40-77-68(102)48(35-62(96)97)34-57(91)66(43(4)75(109)110)85-71(105)53-23-19-20-31-86(53)73(50)107/h25-28,42-45,48,50-54,65-67,76H,8-24,29-41H2,1-7H3,(H,77,102)(H,78,103)(H,79,93)(H,80,104)(H,81,92)(H,82,94)(H,83,95)(H,84,106)(H,85,105)(H,96,97)(H,98,99)(H,100,101)(H,109,110). The zero-order valence-corrected chi connectivity index (χ0v) is 64.0. The molecule has 0 saturated carbocycles. The number of ketones is 4. The molecule has 0 radical (unpaired) electrons. The summed E-state index contributed by atoms with van der Waals surface area (Å²) in [6.45, 7) is 6.12. The second kappa shape index (κ2) is 47.1. The first-order valence-corrected chi connectivity index (χ1v) is 38.0. The van der Waals surface area contributed by atoms with E-state index < -0.39 is 242 Å². The lowest BCUT2D eigenvalue weighted by molar-refractivity contribution is -0.150. The van der Waals surface area contributed by atoms with Crippen LogP contribution in [0.1, 0.15) is 212 Å². The third kappa shape index (κ3) is 31.1. The lowest BCUT2D eigenvalue weighted by Gasteiger charge is -2.39. The molecule has 14 N–H and O–H groups in total. The van der Waals surface area contributed by atoms with Gasteiger partial charge in [0.25, 0.3) is 0 Å². The largest absolute Gasteiger partial charge is 0.481 e. The predicted octanol–water partition coefficient (Wildman–Crippen LogP) is 0.685. The Labute approximate surface area is 639 Å². The van der Waals surface area contributed by atoms with Crippen LogP contribution in [0.25, 0.3) is 0 Å². The van der Waals surface area contributed by atoms with Crippen LogP contribution in [0.15, 0.2) is 24.3 Å². The molecule has 3 aliphatic heterocycles. The number of carbonyl (C=O) groups is 19. The van der Waals surface area contributed by atoms with Gasteiger partial charge >= 0.3 is 23.9 Å². The maximum Gasteiger partial charge on any atom is 0.308 e. The number of amides is 11. The second-order valence-electron chi connectivity index (χ2n) is 29.0. The van der Waals surface area contributed by atoms with Crippen LogP contribution >= 0.6 is 0 Å². The summed E-state index contributed by atoms with van der Waals surface area (Å²) in [5.41, 5.74) is 0.884. The monoisotopic (exact) mass is 1550 g/mol. The Bertz CT molecular complexity index is 3460. The van der Waals surface area contributed by atoms with Crippen molar-refractivity contribution in [1.82, 2.24) is 63.0 Å². The molecule has 1 aromatic carbocycles. The molecule has 35 nitrogen and oxygen atoms in total. The second-order valence-corrected chi connectivity index (χ2v) is 29.0. The van der Waals surface area contributed by atoms with Crippen molar-refractivity contribution in [1.29, 1.82) is 0 Å². The van der Waals surface area contributed by atoms with Gasteiger partial charge in [-0.25, -0.2) is 0 Å². The molecule has 1 aromatic rings. The number of benzene rings is 1. The van der Waals surface area contributed by atoms with E-state index in [9.17, 15) is 107 Å². The summed E-state index contributed by atoms with van der Waals surface area (Å²) in [5, 5.41) is 63.7. The van der Waals surface area contributed by atoms with Crippen molar-refractivity contribution in [2.45, 2.75) is 256 Å². The Hall–Kier alpha value is -10.1. The molecule has 0 spiro atoms. The van der Waals surface area contributed by atoms with E-state index in [-0.39, 0.29) is 69.5 Å². The first kappa shape index (κ1) is 92.3. The molecule has 3 saturated heterocycles. The number of fused-ring (bicyclic) bond motifs is 2. The average Bonchev–Trinajstić information content (AvgIpc) is 1.28. The van der Waals surface area contributed by atoms with Crippen molar-refractivity contribution in [3.8, 4) is 0 Å². The molecule has 4 rings (SSSR count). The molecular formula is C75H112N12O23. The summed E-state index contributed by atoms with van der Waals surface area (Å²) in [6.07, 6.45) is 7.14. The van der Waals surface area contributed by atoms with Crippen LogP contribution in [0.2, 0.25) is 0 Å². The molecule has 12 atom stereocenters. The average molecular weight is 1550 g/mol. The quantitative estimate of drug-likeness (QED) is 0.0328. The molecule has 12 unspecified atom stereocenters. The van der Waals surface area contributed by atoms with Crippen molar-refractivity contribution in [2.24, 2.45) is 23.7 Å². The summed E-state index contributed by atoms with van der Waals surface area (Å²) < 4.78 is 0. The number of unbranched alkanes of at least 4 members (excludes halogenated alkanes) is 10. The fourth-order valence-corrected chi connectivity index (χ4v) is 13.5. The van der Waals surface area contributed by atoms with Crippen LogP contribution < -0.4 is 53.2 Å². The maximum absolute atomic E-state index is 15.5. The van der Waals surface area contributed by atoms with Gasteiger partial charge in [-0.1, -0.05) is 109 Å². The van der Waals surface area contributed by atoms with Crippen molar-refractivity contribution >= 4 is 112 Å². The van der Waals surface area contributed by atoms with Crippen molar-refractivity contribution in [3.63, 3.8) is 0 Å². The van der Waals surface area contributed by atoms with Gasteiger partial charge in [0.15, 0.2) is 17.3 Å². The lowest BCUT2D eigenvalue weighted by atomic mass is 9.87. The van der Waals surface area contributed by atoms with E-state index in [2.05, 4.69) is 60.1 Å². The number of hydrogen-bond acceptors (Lipinski definition) is 20. The number of rotatable bonds is 35. The molecule has 35 heteroatoms. The number of nitrogens with one attached hydrogen (secondary N) is 10. The van der Waals surface area contributed by atoms with E-state index in [0.717, 1.165) is 42.4 Å². The highest BCUT2D eigenvalue weighted by molar-refractivity contribution is 6.02. The Morgan fingerprint density at radius 1 is 0.545 bits per heavy atom. The van der Waals surface area contributed by atoms with Crippen molar-refractivity contribution in [2.75, 3.05) is 39.8 Å². The van der Waals surface area contributed by atoms with Crippen LogP contribution in [0.5, 0.6) is 0 Å². The van der Waals surface area contributed by atoms with Crippen LogP contribution in [0.4, 0.5) is 0 Å². The minimum atomic E-state index is -2.07. The number of carbonyl (C=O) groups excluding carboxylic acids is 15. The van der Waals surface area contributed by atoms with E-state index in [1.54, 1.807) is 26.0 Å². The number of likely N-dealkylation sites (N-methyl/N-ethyl adjacent to an activating group) is 1. The Morgan fingerprint density at radius 2 is 1.10 bits per heavy atom. The summed E-state index contributed by atoms with van der Waals surface area (Å²) in [5.74, 6) is -27.3. The molecule has 3 aliphatic rings. The van der Waals surface area contributed by atoms with Gasteiger partial charge in [-0.3, -0.25) is 91.1 Å². The van der Waals surface area contributed by atoms with Gasteiger partial charge in [-0.2, -0.15) is 0 Å². The lowest BCUT2D eigenvalue weighted by Crippen LogP contribution is -2.63. The highest BCUT2D eigenvalue weighted by Gasteiger charge is 2.46. The summed E-state index contributed by atoms with van der Waals surface area (Å²) >= 11 is 0. The van der Waals surface area contributed by atoms with E-state index >= 15 is 4.79 Å². The molecule has 0 aromatic heterocycles. The third-order valence-electron chi connectivity index (χ3n) is 19.8. The highest BCUT2D eigenvalue weighted by atomic mass is 16.4. The van der Waals surface area contributed by atoms with Crippen LogP contribution in [-0.2, 0) is 92.7 Å². The number of Topliss-reactive ketones (excluding diaryl/α,β-unsaturated/α-hetero) is 4. The highest BCUT2D eigenvalue weighted by Crippen LogP contribution is 2.28. The van der Waals surface area contributed by atoms with Crippen molar-refractivity contribution < 1.29 is 112 Å². The van der Waals surface area contributed by atoms with Crippen molar-refractivity contribution in [3.05, 3.63) is 35.4 Å². The topological polar surface area (TPSA) is 532 Å². The fourth-order valence-electron chi connectivity index (χ4n) is 13.5. The molecule has 610 valence electrons. The molecule has 3 heterocycles. The van der Waals surface area contributed by atoms with Crippen LogP contribution in [0.3, 0.4) is 0 Å². The normalized spacial score (nSPS) is 22.8. The Kier molecular flexibility index (Phi) is 39.5. The Balaban J connectivity index is 1.72. The van der Waals surface area contributed by atoms with Gasteiger partial charge in [0, 0.05) is 63.2 Å². The number of carboxylic acids is 4. The first-order chi connectivity index (χ1) is 52.1. The van der Waals surface area contributed by atoms with E-state index in [1.807, 2.05) is 0 Å². The molecule has 11 amide bonds. The van der Waals surface area contributed by atoms with Crippen LogP contribution in [0, 0.1) is 23.7 Å². The Morgan fingerprint density at radius 3 is 1.68 bits per heavy atom. The zero-order chi connectivity index (χ0) is 81.9. The molecule has 3 fully saturated rings. The molecular weight excluding hydrogens is 1440 g/mol. The number of carboxylic acid groups (broad SMARTS) is 4. The van der Waals surface area contributed by atoms with Crippen LogP contribution in [-0.4, -0.2) is 236 Å². The van der Waals surface area contributed by atoms with Gasteiger partial charge in [-0.05, 0) is 77.8 Å². The van der Waals surface area contributed by atoms with E-state index in [0.29, 0.717) is 12.0 Å². The summed E-state index contributed by atoms with van der Waals surface area (Å²) in [7, 11) is 1.45. The number of nitrogens with zero attached hydrogens (tertiary/aromatic N) is 2. The van der Waals surface area contributed by atoms with Gasteiger partial charge < -0.3 is 83.4 Å². The van der Waals surface area contributed by atoms with E-state index in [4.69, 9.17) is 0 Å². The van der Waals surface area contributed by atoms with Gasteiger partial charge in [0.2, 0.25) is 65.0 Å². The van der Waals surface area contributed by atoms with Gasteiger partial charge in [0.05, 0.1) is 68.7 Å². The molecule has 110 heavy (non-hydrogen) atoms. The number of hydrogen-bond donors (Lipinski definition) is 14. The summed E-state index contributed by atoms with van der Waals surface area (Å²) in [6, 6.07) is -8.63. The number of aliphatic carboxylic acids is 4. The minimum absolute atomic E-state index is 0.0254. The minimum Gasteiger partial charge on any atom is -0.481 e. The fraction of sp³-hybridized carbons (Fsp3) is 0.667. The van der Waals surface area contributed by atoms with Gasteiger partial charge in [-0.15, -0.1) is 0 Å². The zero-order valence-electron chi connectivity index (χ0n) is 64.0. The first-order valence-electron chi connectivity index (χ1n) is 38.0. The SMILES string of the molecule is CCCCCCCCCCCCCC(=O)Cc1ccc(C(=O)CCC(=O)NC(CC(=O)O)C(=O)CC2C(=O)N3CCCCC3C(=O)NC(C(C)C(=O)O)C(=O)CC(CC(=O)O)C(=O)NCC(=O)NC(CC(=O)O)C(=O)NCC(=O)NC(C(C)NC(=O)CNC)C(=O)NC(C(C)C)C(=O)N3CCCC3C(=O)NC2C)cc1. The van der Waals surface area contributed by atoms with E-state index in [1.165, 1.54) is 78.0 Å². The summed E-state index contributed by atoms with van der Waals surface area (Å²) in [4.78, 5) is 262. The molecule has 0 aliphatic carbocycles. The number of piperidine rings is 1.